The number of aryl methyl sites for hydroxylation is 1. The van der Waals surface area contributed by atoms with E-state index in [0.29, 0.717) is 18.1 Å². The van der Waals surface area contributed by atoms with Crippen molar-refractivity contribution < 1.29 is 4.42 Å². The molecule has 0 atom stereocenters. The Bertz CT molecular complexity index is 1050. The number of aromatic nitrogens is 6. The zero-order chi connectivity index (χ0) is 20.1. The second-order valence-electron chi connectivity index (χ2n) is 6.65. The van der Waals surface area contributed by atoms with Crippen molar-refractivity contribution in [1.29, 1.82) is 0 Å². The largest absolute Gasteiger partial charge is 0.464 e. The van der Waals surface area contributed by atoms with Crippen LogP contribution in [0.1, 0.15) is 48.4 Å². The number of aromatic amines is 1. The molecule has 1 N–H and O–H groups in total. The number of H-pyrrole nitrogens is 1. The summed E-state index contributed by atoms with van der Waals surface area (Å²) in [5.74, 6) is 2.14. The molecule has 0 spiro atoms. The van der Waals surface area contributed by atoms with Crippen LogP contribution in [0.5, 0.6) is 0 Å². The van der Waals surface area contributed by atoms with Gasteiger partial charge in [0.1, 0.15) is 11.6 Å². The highest BCUT2D eigenvalue weighted by Crippen LogP contribution is 2.25. The number of benzene rings is 1. The first-order valence-electron chi connectivity index (χ1n) is 9.53. The molecule has 0 fully saturated rings. The smallest absolute Gasteiger partial charge is 0.208 e. The number of furan rings is 1. The van der Waals surface area contributed by atoms with Crippen LogP contribution >= 0.6 is 11.6 Å². The molecule has 0 bridgehead atoms. The van der Waals surface area contributed by atoms with E-state index in [4.69, 9.17) is 16.0 Å². The predicted molar refractivity (Wildman–Crippen MR) is 111 cm³/mol. The molecule has 4 rings (SSSR count). The molecule has 0 aliphatic carbocycles. The van der Waals surface area contributed by atoms with E-state index in [9.17, 15) is 0 Å². The Hall–Kier alpha value is -3.19. The standard InChI is InChI=1S/C21H21ClN6O/c1-2-3-10-20-23-13-16(28(20)14-15-7-4-5-8-18(15)22)12-17(19-9-6-11-29-19)21-24-26-27-25-21/h4-9,11-13H,2-3,10,14H2,1H3,(H,24,25,26,27)/b17-12-. The number of tetrazole rings is 1. The molecule has 0 radical (unpaired) electrons. The van der Waals surface area contributed by atoms with Crippen molar-refractivity contribution >= 4 is 23.3 Å². The summed E-state index contributed by atoms with van der Waals surface area (Å²) in [6, 6.07) is 11.6. The van der Waals surface area contributed by atoms with E-state index in [0.717, 1.165) is 46.9 Å². The van der Waals surface area contributed by atoms with Crippen molar-refractivity contribution in [3.05, 3.63) is 82.5 Å². The van der Waals surface area contributed by atoms with Gasteiger partial charge in [-0.2, -0.15) is 5.21 Å². The fourth-order valence-electron chi connectivity index (χ4n) is 3.16. The van der Waals surface area contributed by atoms with Gasteiger partial charge < -0.3 is 8.98 Å². The molecule has 0 saturated heterocycles. The van der Waals surface area contributed by atoms with Crippen molar-refractivity contribution in [3.8, 4) is 0 Å². The summed E-state index contributed by atoms with van der Waals surface area (Å²) in [6.45, 7) is 2.80. The Balaban J connectivity index is 1.79. The first-order valence-corrected chi connectivity index (χ1v) is 9.91. The van der Waals surface area contributed by atoms with Crippen LogP contribution in [0.15, 0.2) is 53.3 Å². The predicted octanol–water partition coefficient (Wildman–Crippen LogP) is 4.62. The molecular weight excluding hydrogens is 388 g/mol. The van der Waals surface area contributed by atoms with Gasteiger partial charge in [0, 0.05) is 11.4 Å². The summed E-state index contributed by atoms with van der Waals surface area (Å²) in [4.78, 5) is 4.68. The summed E-state index contributed by atoms with van der Waals surface area (Å²) >= 11 is 6.42. The van der Waals surface area contributed by atoms with Gasteiger partial charge >= 0.3 is 0 Å². The number of unbranched alkanes of at least 4 members (excludes halogenated alkanes) is 1. The summed E-state index contributed by atoms with van der Waals surface area (Å²) in [5.41, 5.74) is 2.69. The Morgan fingerprint density at radius 1 is 1.24 bits per heavy atom. The van der Waals surface area contributed by atoms with Crippen LogP contribution in [-0.2, 0) is 13.0 Å². The minimum Gasteiger partial charge on any atom is -0.464 e. The van der Waals surface area contributed by atoms with Crippen molar-refractivity contribution in [2.24, 2.45) is 0 Å². The van der Waals surface area contributed by atoms with E-state index in [1.807, 2.05) is 48.7 Å². The normalized spacial score (nSPS) is 11.9. The maximum atomic E-state index is 6.42. The molecule has 8 heteroatoms. The molecule has 7 nitrogen and oxygen atoms in total. The minimum atomic E-state index is 0.459. The van der Waals surface area contributed by atoms with Gasteiger partial charge in [-0.25, -0.2) is 4.98 Å². The van der Waals surface area contributed by atoms with Gasteiger partial charge in [-0.05, 0) is 41.5 Å². The molecule has 0 saturated carbocycles. The number of hydrogen-bond acceptors (Lipinski definition) is 5. The number of nitrogens with zero attached hydrogens (tertiary/aromatic N) is 5. The number of rotatable bonds is 8. The van der Waals surface area contributed by atoms with Crippen LogP contribution in [0.4, 0.5) is 0 Å². The van der Waals surface area contributed by atoms with E-state index in [2.05, 4.69) is 37.1 Å². The van der Waals surface area contributed by atoms with Crippen LogP contribution in [0.2, 0.25) is 5.02 Å². The number of nitrogens with one attached hydrogen (secondary N) is 1. The average Bonchev–Trinajstić information content (AvgIpc) is 3.49. The molecule has 0 amide bonds. The highest BCUT2D eigenvalue weighted by Gasteiger charge is 2.16. The van der Waals surface area contributed by atoms with Crippen molar-refractivity contribution in [2.75, 3.05) is 0 Å². The van der Waals surface area contributed by atoms with E-state index >= 15 is 0 Å². The van der Waals surface area contributed by atoms with Gasteiger partial charge in [0.05, 0.1) is 30.3 Å². The van der Waals surface area contributed by atoms with Gasteiger partial charge in [0.15, 0.2) is 0 Å². The Labute approximate surface area is 173 Å². The maximum Gasteiger partial charge on any atom is 0.208 e. The maximum absolute atomic E-state index is 6.42. The first-order chi connectivity index (χ1) is 14.3. The minimum absolute atomic E-state index is 0.459. The van der Waals surface area contributed by atoms with Gasteiger partial charge in [-0.3, -0.25) is 0 Å². The number of halogens is 1. The van der Waals surface area contributed by atoms with E-state index < -0.39 is 0 Å². The third-order valence-corrected chi connectivity index (χ3v) is 5.04. The van der Waals surface area contributed by atoms with Gasteiger partial charge in [-0.15, -0.1) is 10.2 Å². The zero-order valence-corrected chi connectivity index (χ0v) is 16.8. The Morgan fingerprint density at radius 3 is 2.86 bits per heavy atom. The molecule has 0 aliphatic heterocycles. The first kappa shape index (κ1) is 19.1. The zero-order valence-electron chi connectivity index (χ0n) is 16.0. The number of imidazole rings is 1. The van der Waals surface area contributed by atoms with Gasteiger partial charge in [0.2, 0.25) is 5.82 Å². The van der Waals surface area contributed by atoms with Crippen molar-refractivity contribution in [2.45, 2.75) is 32.7 Å². The highest BCUT2D eigenvalue weighted by molar-refractivity contribution is 6.31. The SMILES string of the molecule is CCCCc1ncc(/C=C(\c2nn[nH]n2)c2ccco2)n1Cc1ccccc1Cl. The quantitative estimate of drug-likeness (QED) is 0.459. The lowest BCUT2D eigenvalue weighted by atomic mass is 10.1. The lowest BCUT2D eigenvalue weighted by Crippen LogP contribution is -2.08. The summed E-state index contributed by atoms with van der Waals surface area (Å²) in [5, 5.41) is 15.2. The van der Waals surface area contributed by atoms with E-state index in [1.165, 1.54) is 0 Å². The van der Waals surface area contributed by atoms with Crippen LogP contribution in [-0.4, -0.2) is 30.2 Å². The molecule has 29 heavy (non-hydrogen) atoms. The van der Waals surface area contributed by atoms with Crippen LogP contribution in [0.3, 0.4) is 0 Å². The monoisotopic (exact) mass is 408 g/mol. The Kier molecular flexibility index (Phi) is 5.86. The van der Waals surface area contributed by atoms with Crippen molar-refractivity contribution in [3.63, 3.8) is 0 Å². The van der Waals surface area contributed by atoms with Gasteiger partial charge in [0.25, 0.3) is 0 Å². The summed E-state index contributed by atoms with van der Waals surface area (Å²) < 4.78 is 7.78. The van der Waals surface area contributed by atoms with E-state index in [-0.39, 0.29) is 0 Å². The molecule has 0 unspecified atom stereocenters. The van der Waals surface area contributed by atoms with Crippen LogP contribution < -0.4 is 0 Å². The fourth-order valence-corrected chi connectivity index (χ4v) is 3.36. The molecular formula is C21H21ClN6O. The van der Waals surface area contributed by atoms with Crippen molar-refractivity contribution in [1.82, 2.24) is 30.2 Å². The molecule has 0 aliphatic rings. The van der Waals surface area contributed by atoms with E-state index in [1.54, 1.807) is 6.26 Å². The third-order valence-electron chi connectivity index (χ3n) is 4.67. The molecule has 3 aromatic heterocycles. The summed E-state index contributed by atoms with van der Waals surface area (Å²) in [7, 11) is 0. The van der Waals surface area contributed by atoms with Gasteiger partial charge in [-0.1, -0.05) is 43.1 Å². The highest BCUT2D eigenvalue weighted by atomic mass is 35.5. The summed E-state index contributed by atoms with van der Waals surface area (Å²) in [6.07, 6.45) is 8.53. The third kappa shape index (κ3) is 4.30. The molecule has 3 heterocycles. The molecule has 4 aromatic rings. The molecule has 1 aromatic carbocycles. The Morgan fingerprint density at radius 2 is 2.14 bits per heavy atom. The second kappa shape index (κ2) is 8.87. The van der Waals surface area contributed by atoms with Crippen LogP contribution in [0.25, 0.3) is 11.6 Å². The molecule has 148 valence electrons. The average molecular weight is 409 g/mol. The second-order valence-corrected chi connectivity index (χ2v) is 7.06. The topological polar surface area (TPSA) is 85.4 Å². The lowest BCUT2D eigenvalue weighted by Gasteiger charge is -2.12. The number of hydrogen-bond donors (Lipinski definition) is 1. The van der Waals surface area contributed by atoms with Crippen LogP contribution in [0, 0.1) is 0 Å². The lowest BCUT2D eigenvalue weighted by molar-refractivity contribution is 0.553. The fraction of sp³-hybridized carbons (Fsp3) is 0.238.